The molecule has 2 heterocycles. The second-order valence-corrected chi connectivity index (χ2v) is 7.04. The number of aromatic nitrogens is 2. The van der Waals surface area contributed by atoms with Crippen molar-refractivity contribution >= 4 is 16.0 Å². The van der Waals surface area contributed by atoms with Gasteiger partial charge in [0, 0.05) is 12.1 Å². The number of nitrogens with zero attached hydrogens (tertiary/aromatic N) is 2. The summed E-state index contributed by atoms with van der Waals surface area (Å²) in [7, 11) is -2.15. The normalized spacial score (nSPS) is 15.2. The van der Waals surface area contributed by atoms with Gasteiger partial charge in [-0.3, -0.25) is 5.10 Å². The van der Waals surface area contributed by atoms with Gasteiger partial charge in [0.25, 0.3) is 0 Å². The predicted molar refractivity (Wildman–Crippen MR) is 79.8 cm³/mol. The highest BCUT2D eigenvalue weighted by Crippen LogP contribution is 2.26. The van der Waals surface area contributed by atoms with Gasteiger partial charge in [-0.2, -0.15) is 9.40 Å². The van der Waals surface area contributed by atoms with Crippen LogP contribution in [0, 0.1) is 0 Å². The molecule has 0 fully saturated rings. The van der Waals surface area contributed by atoms with Crippen molar-refractivity contribution in [2.45, 2.75) is 17.9 Å². The zero-order chi connectivity index (χ0) is 16.6. The Labute approximate surface area is 132 Å². The second-order valence-electron chi connectivity index (χ2n) is 5.10. The summed E-state index contributed by atoms with van der Waals surface area (Å²) in [4.78, 5) is 11.2. The Morgan fingerprint density at radius 1 is 1.35 bits per heavy atom. The Kier molecular flexibility index (Phi) is 3.82. The van der Waals surface area contributed by atoms with E-state index in [1.54, 1.807) is 12.1 Å². The molecule has 2 aromatic rings. The fourth-order valence-corrected chi connectivity index (χ4v) is 3.98. The number of carboxylic acid groups (broad SMARTS) is 1. The van der Waals surface area contributed by atoms with E-state index in [9.17, 15) is 13.2 Å². The molecule has 0 unspecified atom stereocenters. The van der Waals surface area contributed by atoms with Crippen molar-refractivity contribution in [2.24, 2.45) is 0 Å². The average molecular weight is 337 g/mol. The first-order valence-electron chi connectivity index (χ1n) is 6.87. The minimum atomic E-state index is -3.66. The fourth-order valence-electron chi connectivity index (χ4n) is 2.57. The number of benzene rings is 1. The lowest BCUT2D eigenvalue weighted by molar-refractivity contribution is 0.0689. The van der Waals surface area contributed by atoms with E-state index >= 15 is 0 Å². The largest absolute Gasteiger partial charge is 0.497 e. The number of ether oxygens (including phenoxy) is 1. The number of rotatable bonds is 4. The molecule has 3 rings (SSSR count). The lowest BCUT2D eigenvalue weighted by Gasteiger charge is -2.26. The van der Waals surface area contributed by atoms with Crippen LogP contribution in [0.2, 0.25) is 0 Å². The van der Waals surface area contributed by atoms with Crippen LogP contribution in [0.4, 0.5) is 0 Å². The minimum Gasteiger partial charge on any atom is -0.497 e. The van der Waals surface area contributed by atoms with Crippen molar-refractivity contribution in [3.05, 3.63) is 41.2 Å². The van der Waals surface area contributed by atoms with Gasteiger partial charge in [0.05, 0.1) is 24.2 Å². The van der Waals surface area contributed by atoms with E-state index in [4.69, 9.17) is 9.84 Å². The van der Waals surface area contributed by atoms with Crippen molar-refractivity contribution in [2.75, 3.05) is 13.7 Å². The van der Waals surface area contributed by atoms with Crippen molar-refractivity contribution in [3.63, 3.8) is 0 Å². The molecule has 0 saturated heterocycles. The van der Waals surface area contributed by atoms with Crippen LogP contribution in [0.5, 0.6) is 5.75 Å². The van der Waals surface area contributed by atoms with Crippen LogP contribution < -0.4 is 4.74 Å². The number of carbonyl (C=O) groups is 1. The van der Waals surface area contributed by atoms with Crippen LogP contribution in [0.3, 0.4) is 0 Å². The second kappa shape index (κ2) is 5.67. The summed E-state index contributed by atoms with van der Waals surface area (Å²) in [5.74, 6) is -0.543. The minimum absolute atomic E-state index is 0.0403. The molecule has 23 heavy (non-hydrogen) atoms. The first-order chi connectivity index (χ1) is 10.9. The molecule has 1 aliphatic heterocycles. The number of aromatic amines is 1. The predicted octanol–water partition coefficient (Wildman–Crippen LogP) is 0.863. The number of sulfonamides is 1. The summed E-state index contributed by atoms with van der Waals surface area (Å²) in [6.07, 6.45) is 0.308. The van der Waals surface area contributed by atoms with Gasteiger partial charge in [0.1, 0.15) is 5.75 Å². The molecule has 8 nitrogen and oxygen atoms in total. The van der Waals surface area contributed by atoms with E-state index < -0.39 is 16.0 Å². The van der Waals surface area contributed by atoms with Gasteiger partial charge in [0.15, 0.2) is 5.69 Å². The molecular weight excluding hydrogens is 322 g/mol. The van der Waals surface area contributed by atoms with E-state index in [2.05, 4.69) is 10.2 Å². The van der Waals surface area contributed by atoms with Gasteiger partial charge >= 0.3 is 5.97 Å². The first-order valence-corrected chi connectivity index (χ1v) is 8.31. The van der Waals surface area contributed by atoms with Crippen LogP contribution >= 0.6 is 0 Å². The maximum atomic E-state index is 12.7. The summed E-state index contributed by atoms with van der Waals surface area (Å²) < 4.78 is 31.7. The molecule has 0 aliphatic carbocycles. The molecule has 1 aromatic heterocycles. The van der Waals surface area contributed by atoms with Crippen molar-refractivity contribution in [1.82, 2.24) is 14.5 Å². The Hall–Kier alpha value is -2.39. The molecule has 1 aromatic carbocycles. The third-order valence-corrected chi connectivity index (χ3v) is 5.66. The molecule has 122 valence electrons. The molecule has 0 saturated carbocycles. The van der Waals surface area contributed by atoms with Gasteiger partial charge in [0.2, 0.25) is 10.0 Å². The lowest BCUT2D eigenvalue weighted by atomic mass is 10.1. The number of fused-ring (bicyclic) bond motifs is 1. The number of aromatic carboxylic acids is 1. The number of carboxylic acids is 1. The zero-order valence-corrected chi connectivity index (χ0v) is 13.1. The molecule has 2 N–H and O–H groups in total. The van der Waals surface area contributed by atoms with E-state index in [1.807, 2.05) is 0 Å². The van der Waals surface area contributed by atoms with E-state index in [1.165, 1.54) is 23.5 Å². The molecular formula is C14H15N3O5S. The molecule has 1 aliphatic rings. The van der Waals surface area contributed by atoms with E-state index in [0.717, 1.165) is 0 Å². The number of H-pyrrole nitrogens is 1. The van der Waals surface area contributed by atoms with E-state index in [-0.39, 0.29) is 23.7 Å². The number of hydrogen-bond donors (Lipinski definition) is 2. The third kappa shape index (κ3) is 2.68. The highest BCUT2D eigenvalue weighted by atomic mass is 32.2. The van der Waals surface area contributed by atoms with Crippen LogP contribution in [0.1, 0.15) is 21.7 Å². The van der Waals surface area contributed by atoms with Gasteiger partial charge in [-0.15, -0.1) is 0 Å². The van der Waals surface area contributed by atoms with Crippen LogP contribution in [-0.2, 0) is 23.0 Å². The molecule has 0 atom stereocenters. The van der Waals surface area contributed by atoms with Crippen LogP contribution in [0.25, 0.3) is 0 Å². The number of nitrogens with one attached hydrogen (secondary N) is 1. The van der Waals surface area contributed by atoms with Gasteiger partial charge in [-0.25, -0.2) is 13.2 Å². The quantitative estimate of drug-likeness (QED) is 0.856. The molecule has 0 bridgehead atoms. The maximum Gasteiger partial charge on any atom is 0.356 e. The Balaban J connectivity index is 1.88. The van der Waals surface area contributed by atoms with Crippen molar-refractivity contribution in [3.8, 4) is 5.75 Å². The fraction of sp³-hybridized carbons (Fsp3) is 0.286. The number of methoxy groups -OCH3 is 1. The van der Waals surface area contributed by atoms with Gasteiger partial charge < -0.3 is 9.84 Å². The SMILES string of the molecule is COc1ccc(S(=O)(=O)N2CCc3c(C(=O)O)n[nH]c3C2)cc1. The van der Waals surface area contributed by atoms with Crippen molar-refractivity contribution < 1.29 is 23.1 Å². The highest BCUT2D eigenvalue weighted by Gasteiger charge is 2.32. The Morgan fingerprint density at radius 2 is 2.04 bits per heavy atom. The summed E-state index contributed by atoms with van der Waals surface area (Å²) in [6.45, 7) is 0.283. The summed E-state index contributed by atoms with van der Waals surface area (Å²) in [5.41, 5.74) is 1.05. The summed E-state index contributed by atoms with van der Waals surface area (Å²) in [6, 6.07) is 6.14. The summed E-state index contributed by atoms with van der Waals surface area (Å²) in [5, 5.41) is 15.4. The molecule has 0 amide bonds. The standard InChI is InChI=1S/C14H15N3O5S/c1-22-9-2-4-10(5-3-9)23(20,21)17-7-6-11-12(8-17)15-16-13(11)14(18)19/h2-5H,6-8H2,1H3,(H,15,16)(H,18,19). The third-order valence-electron chi connectivity index (χ3n) is 3.80. The number of hydrogen-bond acceptors (Lipinski definition) is 5. The average Bonchev–Trinajstić information content (AvgIpc) is 2.98. The van der Waals surface area contributed by atoms with Crippen molar-refractivity contribution in [1.29, 1.82) is 0 Å². The van der Waals surface area contributed by atoms with Gasteiger partial charge in [-0.1, -0.05) is 0 Å². The first kappa shape index (κ1) is 15.5. The highest BCUT2D eigenvalue weighted by molar-refractivity contribution is 7.89. The maximum absolute atomic E-state index is 12.7. The molecule has 0 radical (unpaired) electrons. The lowest BCUT2D eigenvalue weighted by Crippen LogP contribution is -2.36. The van der Waals surface area contributed by atoms with Crippen LogP contribution in [-0.4, -0.2) is 47.7 Å². The summed E-state index contributed by atoms with van der Waals surface area (Å²) >= 11 is 0. The Bertz CT molecular complexity index is 842. The Morgan fingerprint density at radius 3 is 2.65 bits per heavy atom. The topological polar surface area (TPSA) is 113 Å². The van der Waals surface area contributed by atoms with Crippen LogP contribution in [0.15, 0.2) is 29.2 Å². The molecule has 0 spiro atoms. The van der Waals surface area contributed by atoms with E-state index in [0.29, 0.717) is 23.4 Å². The van der Waals surface area contributed by atoms with Gasteiger partial charge in [-0.05, 0) is 30.7 Å². The zero-order valence-electron chi connectivity index (χ0n) is 12.3. The monoisotopic (exact) mass is 337 g/mol. The molecule has 9 heteroatoms. The smallest absolute Gasteiger partial charge is 0.356 e.